The molecule has 0 unspecified atom stereocenters. The van der Waals surface area contributed by atoms with Crippen LogP contribution in [0.5, 0.6) is 11.5 Å². The lowest BCUT2D eigenvalue weighted by Gasteiger charge is -2.24. The van der Waals surface area contributed by atoms with Crippen molar-refractivity contribution in [2.24, 2.45) is 5.92 Å². The van der Waals surface area contributed by atoms with Gasteiger partial charge in [0.2, 0.25) is 5.91 Å². The number of carbonyl (C=O) groups excluding carboxylic acids is 3. The molecule has 162 valence electrons. The number of carbonyl (C=O) groups is 3. The van der Waals surface area contributed by atoms with Crippen LogP contribution in [0.25, 0.3) is 0 Å². The van der Waals surface area contributed by atoms with Gasteiger partial charge in [0.1, 0.15) is 0 Å². The predicted octanol–water partition coefficient (Wildman–Crippen LogP) is 3.35. The fourth-order valence-electron chi connectivity index (χ4n) is 3.91. The molecular formula is C24H26N2O5. The summed E-state index contributed by atoms with van der Waals surface area (Å²) in [6.07, 6.45) is 0.866. The smallest absolute Gasteiger partial charge is 0.261 e. The van der Waals surface area contributed by atoms with E-state index in [9.17, 15) is 14.4 Å². The van der Waals surface area contributed by atoms with Crippen LogP contribution in [0.3, 0.4) is 0 Å². The molecule has 2 aliphatic heterocycles. The summed E-state index contributed by atoms with van der Waals surface area (Å²) < 4.78 is 11.5. The minimum Gasteiger partial charge on any atom is -0.490 e. The lowest BCUT2D eigenvalue weighted by atomic mass is 9.95. The van der Waals surface area contributed by atoms with E-state index in [4.69, 9.17) is 9.47 Å². The minimum absolute atomic E-state index is 0.0409. The molecule has 7 heteroatoms. The zero-order chi connectivity index (χ0) is 22.0. The maximum absolute atomic E-state index is 12.7. The van der Waals surface area contributed by atoms with Gasteiger partial charge in [-0.1, -0.05) is 32.0 Å². The summed E-state index contributed by atoms with van der Waals surface area (Å²) in [6, 6.07) is 12.2. The van der Waals surface area contributed by atoms with Gasteiger partial charge < -0.3 is 14.8 Å². The molecule has 7 nitrogen and oxygen atoms in total. The summed E-state index contributed by atoms with van der Waals surface area (Å²) in [4.78, 5) is 38.8. The summed E-state index contributed by atoms with van der Waals surface area (Å²) >= 11 is 0. The van der Waals surface area contributed by atoms with Crippen molar-refractivity contribution in [1.29, 1.82) is 0 Å². The number of benzene rings is 2. The quantitative estimate of drug-likeness (QED) is 0.722. The van der Waals surface area contributed by atoms with Gasteiger partial charge in [0, 0.05) is 19.4 Å². The Kier molecular flexibility index (Phi) is 5.93. The van der Waals surface area contributed by atoms with E-state index in [0.29, 0.717) is 35.8 Å². The molecule has 0 aliphatic carbocycles. The van der Waals surface area contributed by atoms with Crippen LogP contribution in [0.2, 0.25) is 0 Å². The maximum Gasteiger partial charge on any atom is 0.261 e. The SMILES string of the molecule is CC(C)[C@@H](NC(=O)CCN1C(=O)c2ccccc2C1=O)c1ccc2c(c1)OCCCO2. The number of rotatable bonds is 6. The van der Waals surface area contributed by atoms with Crippen LogP contribution in [0.15, 0.2) is 42.5 Å². The molecule has 2 heterocycles. The van der Waals surface area contributed by atoms with Gasteiger partial charge in [-0.05, 0) is 35.7 Å². The highest BCUT2D eigenvalue weighted by atomic mass is 16.5. The van der Waals surface area contributed by atoms with Crippen molar-refractivity contribution in [3.05, 3.63) is 59.2 Å². The summed E-state index contributed by atoms with van der Waals surface area (Å²) in [5.41, 5.74) is 1.70. The third kappa shape index (κ3) is 4.26. The number of amides is 3. The lowest BCUT2D eigenvalue weighted by molar-refractivity contribution is -0.122. The number of hydrogen-bond acceptors (Lipinski definition) is 5. The van der Waals surface area contributed by atoms with Crippen molar-refractivity contribution in [3.8, 4) is 11.5 Å². The topological polar surface area (TPSA) is 84.9 Å². The molecule has 0 fully saturated rings. The average molecular weight is 422 g/mol. The van der Waals surface area contributed by atoms with Crippen LogP contribution in [0.1, 0.15) is 59.0 Å². The van der Waals surface area contributed by atoms with Crippen LogP contribution >= 0.6 is 0 Å². The van der Waals surface area contributed by atoms with Gasteiger partial charge in [0.05, 0.1) is 30.4 Å². The molecule has 0 radical (unpaired) electrons. The van der Waals surface area contributed by atoms with E-state index in [-0.39, 0.29) is 42.6 Å². The number of nitrogens with zero attached hydrogens (tertiary/aromatic N) is 1. The fraction of sp³-hybridized carbons (Fsp3) is 0.375. The van der Waals surface area contributed by atoms with E-state index in [2.05, 4.69) is 5.32 Å². The van der Waals surface area contributed by atoms with Gasteiger partial charge in [-0.15, -0.1) is 0 Å². The van der Waals surface area contributed by atoms with E-state index < -0.39 is 0 Å². The molecule has 2 aliphatic rings. The summed E-state index contributed by atoms with van der Waals surface area (Å²) in [5, 5.41) is 3.05. The molecule has 0 aromatic heterocycles. The van der Waals surface area contributed by atoms with Crippen molar-refractivity contribution in [2.45, 2.75) is 32.7 Å². The van der Waals surface area contributed by atoms with Crippen LogP contribution in [-0.2, 0) is 4.79 Å². The van der Waals surface area contributed by atoms with Crippen molar-refractivity contribution < 1.29 is 23.9 Å². The second-order valence-electron chi connectivity index (χ2n) is 8.10. The zero-order valence-electron chi connectivity index (χ0n) is 17.7. The Labute approximate surface area is 181 Å². The maximum atomic E-state index is 12.7. The van der Waals surface area contributed by atoms with Crippen molar-refractivity contribution in [3.63, 3.8) is 0 Å². The molecule has 4 rings (SSSR count). The lowest BCUT2D eigenvalue weighted by Crippen LogP contribution is -2.37. The van der Waals surface area contributed by atoms with E-state index in [0.717, 1.165) is 16.9 Å². The summed E-state index contributed by atoms with van der Waals surface area (Å²) in [7, 11) is 0. The second kappa shape index (κ2) is 8.79. The van der Waals surface area contributed by atoms with Crippen molar-refractivity contribution in [2.75, 3.05) is 19.8 Å². The standard InChI is InChI=1S/C24H26N2O5/c1-15(2)22(16-8-9-19-20(14-16)31-13-5-12-30-19)25-21(27)10-11-26-23(28)17-6-3-4-7-18(17)24(26)29/h3-4,6-9,14-15,22H,5,10-13H2,1-2H3,(H,25,27)/t22-/m1/s1. The number of fused-ring (bicyclic) bond motifs is 2. The molecule has 0 saturated carbocycles. The van der Waals surface area contributed by atoms with Crippen LogP contribution in [-0.4, -0.2) is 42.4 Å². The Morgan fingerprint density at radius 3 is 2.29 bits per heavy atom. The van der Waals surface area contributed by atoms with E-state index >= 15 is 0 Å². The number of nitrogens with one attached hydrogen (secondary N) is 1. The minimum atomic E-state index is -0.350. The van der Waals surface area contributed by atoms with Gasteiger partial charge >= 0.3 is 0 Å². The normalized spacial score (nSPS) is 16.2. The Bertz CT molecular complexity index is 982. The van der Waals surface area contributed by atoms with Gasteiger partial charge in [-0.2, -0.15) is 0 Å². The van der Waals surface area contributed by atoms with Gasteiger partial charge in [0.15, 0.2) is 11.5 Å². The molecule has 0 bridgehead atoms. The molecular weight excluding hydrogens is 396 g/mol. The highest BCUT2D eigenvalue weighted by Gasteiger charge is 2.35. The third-order valence-corrected chi connectivity index (χ3v) is 5.55. The Balaban J connectivity index is 1.42. The first-order chi connectivity index (χ1) is 15.0. The fourth-order valence-corrected chi connectivity index (χ4v) is 3.91. The van der Waals surface area contributed by atoms with Crippen LogP contribution < -0.4 is 14.8 Å². The Morgan fingerprint density at radius 2 is 1.65 bits per heavy atom. The summed E-state index contributed by atoms with van der Waals surface area (Å²) in [6.45, 7) is 5.31. The summed E-state index contributed by atoms with van der Waals surface area (Å²) in [5.74, 6) is 0.602. The van der Waals surface area contributed by atoms with Gasteiger partial charge in [-0.3, -0.25) is 19.3 Å². The number of imide groups is 1. The Morgan fingerprint density at radius 1 is 1.00 bits per heavy atom. The number of ether oxygens (including phenoxy) is 2. The molecule has 1 N–H and O–H groups in total. The first kappa shape index (κ1) is 20.9. The van der Waals surface area contributed by atoms with E-state index in [1.165, 1.54) is 0 Å². The van der Waals surface area contributed by atoms with Gasteiger partial charge in [-0.25, -0.2) is 0 Å². The molecule has 2 aromatic carbocycles. The first-order valence-corrected chi connectivity index (χ1v) is 10.6. The van der Waals surface area contributed by atoms with Crippen molar-refractivity contribution in [1.82, 2.24) is 10.2 Å². The van der Waals surface area contributed by atoms with Crippen molar-refractivity contribution >= 4 is 17.7 Å². The van der Waals surface area contributed by atoms with Gasteiger partial charge in [0.25, 0.3) is 11.8 Å². The third-order valence-electron chi connectivity index (χ3n) is 5.55. The molecule has 0 saturated heterocycles. The predicted molar refractivity (Wildman–Crippen MR) is 114 cm³/mol. The monoisotopic (exact) mass is 422 g/mol. The first-order valence-electron chi connectivity index (χ1n) is 10.6. The van der Waals surface area contributed by atoms with Crippen LogP contribution in [0.4, 0.5) is 0 Å². The van der Waals surface area contributed by atoms with E-state index in [1.807, 2.05) is 32.0 Å². The average Bonchev–Trinajstić information content (AvgIpc) is 2.91. The number of hydrogen-bond donors (Lipinski definition) is 1. The molecule has 1 atom stereocenters. The molecule has 0 spiro atoms. The second-order valence-corrected chi connectivity index (χ2v) is 8.10. The Hall–Kier alpha value is -3.35. The molecule has 3 amide bonds. The molecule has 2 aromatic rings. The largest absolute Gasteiger partial charge is 0.490 e. The highest BCUT2D eigenvalue weighted by Crippen LogP contribution is 2.34. The highest BCUT2D eigenvalue weighted by molar-refractivity contribution is 6.21. The van der Waals surface area contributed by atoms with Crippen LogP contribution in [0, 0.1) is 5.92 Å². The zero-order valence-corrected chi connectivity index (χ0v) is 17.7. The molecule has 31 heavy (non-hydrogen) atoms. The van der Waals surface area contributed by atoms with E-state index in [1.54, 1.807) is 24.3 Å².